The topological polar surface area (TPSA) is 76.0 Å². The molecule has 0 amide bonds. The van der Waals surface area contributed by atoms with E-state index in [4.69, 9.17) is 10.2 Å². The number of hydrogen-bond donors (Lipinski definition) is 2. The Hall–Kier alpha value is -0.910. The Morgan fingerprint density at radius 2 is 1.86 bits per heavy atom. The van der Waals surface area contributed by atoms with Gasteiger partial charge in [0, 0.05) is 11.5 Å². The predicted octanol–water partition coefficient (Wildman–Crippen LogP) is 0.274. The van der Waals surface area contributed by atoms with E-state index in [9.17, 15) is 4.79 Å². The molecule has 14 heavy (non-hydrogen) atoms. The summed E-state index contributed by atoms with van der Waals surface area (Å²) in [6.07, 6.45) is 1.02. The average molecular weight is 206 g/mol. The first-order valence-corrected chi connectivity index (χ1v) is 4.02. The van der Waals surface area contributed by atoms with E-state index in [0.29, 0.717) is 0 Å². The molecule has 84 valence electrons. The Morgan fingerprint density at radius 1 is 1.43 bits per heavy atom. The van der Waals surface area contributed by atoms with Crippen LogP contribution >= 0.6 is 0 Å². The largest absolute Gasteiger partial charge is 0.396 e. The molecule has 0 radical (unpaired) electrons. The summed E-state index contributed by atoms with van der Waals surface area (Å²) in [5.74, 6) is -0.581. The molecule has 0 fully saturated rings. The molecule has 0 saturated heterocycles. The average Bonchev–Trinajstić information content (AvgIpc) is 2.19. The maximum absolute atomic E-state index is 9.95. The lowest BCUT2D eigenvalue weighted by atomic mass is 9.97. The van der Waals surface area contributed by atoms with E-state index in [1.54, 1.807) is 13.8 Å². The molecule has 0 aliphatic carbocycles. The van der Waals surface area contributed by atoms with Crippen molar-refractivity contribution < 1.29 is 24.8 Å². The molecule has 5 nitrogen and oxygen atoms in total. The zero-order valence-corrected chi connectivity index (χ0v) is 8.82. The highest BCUT2D eigenvalue weighted by Gasteiger charge is 2.13. The fourth-order valence-corrected chi connectivity index (χ4v) is 0.166. The van der Waals surface area contributed by atoms with Crippen LogP contribution in [0.25, 0.3) is 0 Å². The lowest BCUT2D eigenvalue weighted by Gasteiger charge is -2.16. The lowest BCUT2D eigenvalue weighted by Crippen LogP contribution is -2.20. The zero-order valence-electron chi connectivity index (χ0n) is 8.82. The van der Waals surface area contributed by atoms with Gasteiger partial charge in [-0.1, -0.05) is 20.4 Å². The molecule has 0 aromatic rings. The summed E-state index contributed by atoms with van der Waals surface area (Å²) in [5.41, 5.74) is -0.306. The van der Waals surface area contributed by atoms with Crippen molar-refractivity contribution in [3.8, 4) is 0 Å². The molecule has 0 aromatic heterocycles. The van der Waals surface area contributed by atoms with Crippen molar-refractivity contribution in [2.75, 3.05) is 20.3 Å². The maximum Gasteiger partial charge on any atom is 0.365 e. The smallest absolute Gasteiger partial charge is 0.365 e. The Labute approximate surface area is 83.9 Å². The summed E-state index contributed by atoms with van der Waals surface area (Å²) in [7, 11) is 1.25. The van der Waals surface area contributed by atoms with Gasteiger partial charge in [0.25, 0.3) is 0 Å². The minimum absolute atomic E-state index is 0.0451. The fourth-order valence-electron chi connectivity index (χ4n) is 0.166. The van der Waals surface area contributed by atoms with Crippen LogP contribution in [0.5, 0.6) is 0 Å². The van der Waals surface area contributed by atoms with Crippen LogP contribution in [0.4, 0.5) is 0 Å². The van der Waals surface area contributed by atoms with Gasteiger partial charge in [-0.25, -0.2) is 4.79 Å². The van der Waals surface area contributed by atoms with Gasteiger partial charge in [0.15, 0.2) is 0 Å². The quantitative estimate of drug-likeness (QED) is 0.392. The van der Waals surface area contributed by atoms with Gasteiger partial charge in [0.1, 0.15) is 0 Å². The SMILES string of the molecule is C=CC(=O)OOC.CC(C)(CO)CO. The van der Waals surface area contributed by atoms with Crippen molar-refractivity contribution in [3.63, 3.8) is 0 Å². The van der Waals surface area contributed by atoms with E-state index >= 15 is 0 Å². The molecular weight excluding hydrogens is 188 g/mol. The van der Waals surface area contributed by atoms with Crippen molar-refractivity contribution in [3.05, 3.63) is 12.7 Å². The van der Waals surface area contributed by atoms with E-state index in [1.165, 1.54) is 7.11 Å². The molecule has 0 aromatic carbocycles. The number of carbonyl (C=O) groups excluding carboxylic acids is 1. The van der Waals surface area contributed by atoms with Crippen LogP contribution in [0.3, 0.4) is 0 Å². The van der Waals surface area contributed by atoms with Gasteiger partial charge in [-0.15, -0.1) is 0 Å². The Bertz CT molecular complexity index is 159. The summed E-state index contributed by atoms with van der Waals surface area (Å²) in [6, 6.07) is 0. The Balaban J connectivity index is 0. The van der Waals surface area contributed by atoms with Gasteiger partial charge in [0.05, 0.1) is 20.3 Å². The van der Waals surface area contributed by atoms with Crippen LogP contribution in [0.1, 0.15) is 13.8 Å². The first kappa shape index (κ1) is 15.6. The molecule has 0 heterocycles. The Kier molecular flexibility index (Phi) is 9.64. The second-order valence-electron chi connectivity index (χ2n) is 3.25. The molecule has 0 aliphatic rings. The highest BCUT2D eigenvalue weighted by molar-refractivity contribution is 5.80. The third-order valence-corrected chi connectivity index (χ3v) is 1.19. The van der Waals surface area contributed by atoms with Crippen LogP contribution < -0.4 is 0 Å². The summed E-state index contributed by atoms with van der Waals surface area (Å²) in [4.78, 5) is 17.9. The lowest BCUT2D eigenvalue weighted by molar-refractivity contribution is -0.249. The molecule has 0 aliphatic heterocycles. The van der Waals surface area contributed by atoms with Crippen LogP contribution in [-0.2, 0) is 14.6 Å². The molecule has 0 rings (SSSR count). The summed E-state index contributed by atoms with van der Waals surface area (Å²) in [6.45, 7) is 6.81. The van der Waals surface area contributed by atoms with Crippen molar-refractivity contribution in [1.29, 1.82) is 0 Å². The molecular formula is C9H18O5. The third kappa shape index (κ3) is 11.1. The van der Waals surface area contributed by atoms with Gasteiger partial charge in [-0.2, -0.15) is 4.89 Å². The van der Waals surface area contributed by atoms with Crippen molar-refractivity contribution in [2.45, 2.75) is 13.8 Å². The minimum atomic E-state index is -0.581. The number of aliphatic hydroxyl groups is 2. The van der Waals surface area contributed by atoms with E-state index in [-0.39, 0.29) is 18.6 Å². The standard InChI is InChI=1S/C5H12O2.C4H6O3/c1-5(2,3-6)4-7;1-3-4(5)7-6-2/h6-7H,3-4H2,1-2H3;3H,1H2,2H3. The van der Waals surface area contributed by atoms with E-state index in [2.05, 4.69) is 16.4 Å². The van der Waals surface area contributed by atoms with Crippen LogP contribution in [0.15, 0.2) is 12.7 Å². The molecule has 0 saturated carbocycles. The van der Waals surface area contributed by atoms with Crippen molar-refractivity contribution in [1.82, 2.24) is 0 Å². The van der Waals surface area contributed by atoms with Crippen molar-refractivity contribution in [2.24, 2.45) is 5.41 Å². The summed E-state index contributed by atoms with van der Waals surface area (Å²) in [5, 5.41) is 16.9. The molecule has 2 N–H and O–H groups in total. The zero-order chi connectivity index (χ0) is 11.6. The minimum Gasteiger partial charge on any atom is -0.396 e. The highest BCUT2D eigenvalue weighted by Crippen LogP contribution is 2.10. The summed E-state index contributed by atoms with van der Waals surface area (Å²) >= 11 is 0. The van der Waals surface area contributed by atoms with E-state index < -0.39 is 5.97 Å². The van der Waals surface area contributed by atoms with Gasteiger partial charge in [-0.3, -0.25) is 4.89 Å². The fraction of sp³-hybridized carbons (Fsp3) is 0.667. The van der Waals surface area contributed by atoms with Crippen LogP contribution in [-0.4, -0.2) is 36.5 Å². The number of hydrogen-bond acceptors (Lipinski definition) is 5. The Morgan fingerprint density at radius 3 is 1.93 bits per heavy atom. The van der Waals surface area contributed by atoms with Gasteiger partial charge >= 0.3 is 5.97 Å². The monoisotopic (exact) mass is 206 g/mol. The number of rotatable bonds is 4. The first-order valence-electron chi connectivity index (χ1n) is 4.02. The molecule has 0 spiro atoms. The number of aliphatic hydroxyl groups excluding tert-OH is 2. The van der Waals surface area contributed by atoms with Gasteiger partial charge in [0.2, 0.25) is 0 Å². The number of carbonyl (C=O) groups is 1. The molecule has 5 heteroatoms. The molecule has 0 bridgehead atoms. The maximum atomic E-state index is 9.95. The van der Waals surface area contributed by atoms with Crippen molar-refractivity contribution >= 4 is 5.97 Å². The van der Waals surface area contributed by atoms with Gasteiger partial charge in [-0.05, 0) is 0 Å². The van der Waals surface area contributed by atoms with Crippen LogP contribution in [0.2, 0.25) is 0 Å². The third-order valence-electron chi connectivity index (χ3n) is 1.19. The molecule has 0 unspecified atom stereocenters. The first-order chi connectivity index (χ1) is 6.43. The predicted molar refractivity (Wildman–Crippen MR) is 51.3 cm³/mol. The second-order valence-corrected chi connectivity index (χ2v) is 3.25. The van der Waals surface area contributed by atoms with E-state index in [1.807, 2.05) is 0 Å². The molecule has 0 atom stereocenters. The normalized spacial score (nSPS) is 9.79. The summed E-state index contributed by atoms with van der Waals surface area (Å²) < 4.78 is 0. The van der Waals surface area contributed by atoms with Crippen LogP contribution in [0, 0.1) is 5.41 Å². The second kappa shape index (κ2) is 8.68. The van der Waals surface area contributed by atoms with E-state index in [0.717, 1.165) is 6.08 Å². The van der Waals surface area contributed by atoms with Gasteiger partial charge < -0.3 is 10.2 Å². The highest BCUT2D eigenvalue weighted by atomic mass is 17.2.